The number of aliphatic imine (C=N–C) groups is 1. The van der Waals surface area contributed by atoms with Crippen molar-refractivity contribution in [1.82, 2.24) is 20.0 Å². The molecule has 16 atom stereocenters. The van der Waals surface area contributed by atoms with Gasteiger partial charge in [-0.1, -0.05) is 127 Å². The zero-order chi connectivity index (χ0) is 87.0. The molecule has 118 heavy (non-hydrogen) atoms. The molecule has 5 aliphatic carbocycles. The van der Waals surface area contributed by atoms with Crippen LogP contribution < -0.4 is 29.9 Å². The van der Waals surface area contributed by atoms with Crippen molar-refractivity contribution in [1.29, 1.82) is 0 Å². The Morgan fingerprint density at radius 3 is 1.31 bits per heavy atom. The summed E-state index contributed by atoms with van der Waals surface area (Å²) in [4.78, 5) is 123. The van der Waals surface area contributed by atoms with Gasteiger partial charge in [-0.3, -0.25) is 29.3 Å². The average molecular weight is 1650 g/mol. The van der Waals surface area contributed by atoms with E-state index in [0.717, 1.165) is 56.9 Å². The topological polar surface area (TPSA) is 403 Å². The minimum absolute atomic E-state index is 0. The van der Waals surface area contributed by atoms with E-state index in [-0.39, 0.29) is 96.4 Å². The van der Waals surface area contributed by atoms with Gasteiger partial charge in [-0.15, -0.1) is 0 Å². The van der Waals surface area contributed by atoms with E-state index < -0.39 is 83.2 Å². The van der Waals surface area contributed by atoms with Crippen molar-refractivity contribution in [2.45, 2.75) is 270 Å². The van der Waals surface area contributed by atoms with E-state index in [1.807, 2.05) is 113 Å². The number of rotatable bonds is 12. The number of hydrogen-bond acceptors (Lipinski definition) is 27. The fraction of sp³-hybridized carbons (Fsp3) is 0.598. The van der Waals surface area contributed by atoms with Crippen LogP contribution in [0.3, 0.4) is 0 Å². The summed E-state index contributed by atoms with van der Waals surface area (Å²) >= 11 is 0. The van der Waals surface area contributed by atoms with Gasteiger partial charge >= 0.3 is 79.2 Å². The van der Waals surface area contributed by atoms with E-state index in [4.69, 9.17) is 39.3 Å². The maximum absolute atomic E-state index is 12.2. The number of nitrogens with one attached hydrogen (secondary N) is 1. The van der Waals surface area contributed by atoms with Crippen LogP contribution in [0.5, 0.6) is 0 Å². The molecular formula is C87H129LiN6O24. The molecule has 3 aromatic rings. The summed E-state index contributed by atoms with van der Waals surface area (Å²) in [5.74, 6) is -1.45. The number of aliphatic carboxylic acids is 1. The number of likely N-dealkylation sites (tertiary alicyclic amines) is 3. The number of allylic oxidation sites excluding steroid dienone is 4. The van der Waals surface area contributed by atoms with Crippen LogP contribution in [0, 0.1) is 23.7 Å². The summed E-state index contributed by atoms with van der Waals surface area (Å²) in [6.45, 7) is 26.9. The molecule has 4 saturated heterocycles. The van der Waals surface area contributed by atoms with Gasteiger partial charge in [-0.2, -0.15) is 0 Å². The van der Waals surface area contributed by atoms with Crippen molar-refractivity contribution >= 4 is 66.5 Å². The van der Waals surface area contributed by atoms with Crippen molar-refractivity contribution in [3.63, 3.8) is 0 Å². The first-order chi connectivity index (χ1) is 54.4. The van der Waals surface area contributed by atoms with Crippen LogP contribution in [-0.2, 0) is 80.9 Å². The number of aliphatic hydroxyl groups is 1. The molecule has 8 bridgehead atoms. The Morgan fingerprint density at radius 1 is 0.517 bits per heavy atom. The summed E-state index contributed by atoms with van der Waals surface area (Å²) in [7, 11) is 8.01. The fourth-order valence-electron chi connectivity index (χ4n) is 14.6. The molecule has 2 unspecified atom stereocenters. The summed E-state index contributed by atoms with van der Waals surface area (Å²) in [5, 5.41) is 20.9. The van der Waals surface area contributed by atoms with Crippen LogP contribution in [0.15, 0.2) is 132 Å². The summed E-state index contributed by atoms with van der Waals surface area (Å²) in [6, 6.07) is 30.4. The number of carboxylic acid groups (broad SMARTS) is 1. The van der Waals surface area contributed by atoms with Gasteiger partial charge in [0.1, 0.15) is 52.8 Å². The molecule has 30 nitrogen and oxygen atoms in total. The van der Waals surface area contributed by atoms with Crippen LogP contribution in [-0.4, -0.2) is 217 Å². The molecule has 9 aliphatic rings. The normalized spacial score (nSPS) is 23.6. The molecule has 652 valence electrons. The van der Waals surface area contributed by atoms with Crippen molar-refractivity contribution in [2.75, 3.05) is 42.7 Å². The molecule has 6 N–H and O–H groups in total. The SMILES string of the molecule is C1=CCC=C1.CC(C)(C)OC(=O)N1[C@@H]2CC[C@@H](C2)[C@H]1C(=O)O.CC(C)(C)OC(=O)OC(=O)OC(C)(C)C.CC(N)c1ccccc1.COC(=O)C(O)OC.COC(=O)C=N[C@H](C)c1ccccc1.COC(=O)[C@@H]1[C@H]2C=C[C@H](C2)N1[C@H](C)c1ccccc1.COC(=O)[C@@H]1[C@H]2CC[C@H](C2)N1C(=O)OC(C)(C)C.COC(=O)[C@H]1N[C@@H]2CC[C@H]1C2.[Li+].[OH-]. The molecule has 31 heteroatoms. The van der Waals surface area contributed by atoms with Crippen molar-refractivity contribution in [3.8, 4) is 0 Å². The largest absolute Gasteiger partial charge is 1.00 e. The van der Waals surface area contributed by atoms with E-state index in [0.29, 0.717) is 23.9 Å². The monoisotopic (exact) mass is 1650 g/mol. The fourth-order valence-corrected chi connectivity index (χ4v) is 14.6. The van der Waals surface area contributed by atoms with Crippen molar-refractivity contribution < 1.29 is 135 Å². The molecule has 7 fully saturated rings. The van der Waals surface area contributed by atoms with Crippen LogP contribution in [0.4, 0.5) is 19.2 Å². The van der Waals surface area contributed by atoms with E-state index in [1.54, 1.807) is 67.2 Å². The molecular weight excluding hydrogens is 1520 g/mol. The first kappa shape index (κ1) is 105. The maximum atomic E-state index is 12.2. The summed E-state index contributed by atoms with van der Waals surface area (Å²) in [6.07, 6.45) is 20.7. The van der Waals surface area contributed by atoms with Gasteiger partial charge in [0.15, 0.2) is 0 Å². The van der Waals surface area contributed by atoms with Gasteiger partial charge in [-0.05, 0) is 209 Å². The Morgan fingerprint density at radius 2 is 0.949 bits per heavy atom. The number of benzene rings is 3. The van der Waals surface area contributed by atoms with Gasteiger partial charge in [-0.25, -0.2) is 38.4 Å². The Hall–Kier alpha value is -8.99. The van der Waals surface area contributed by atoms with Gasteiger partial charge in [0, 0.05) is 49.3 Å². The Bertz CT molecular complexity index is 3710. The van der Waals surface area contributed by atoms with Crippen molar-refractivity contribution in [2.24, 2.45) is 34.4 Å². The smallest absolute Gasteiger partial charge is 0.870 e. The summed E-state index contributed by atoms with van der Waals surface area (Å²) < 4.78 is 51.7. The number of nitrogens with two attached hydrogens (primary N) is 1. The minimum atomic E-state index is -1.44. The number of carbonyl (C=O) groups excluding carboxylic acids is 9. The first-order valence-corrected chi connectivity index (χ1v) is 39.4. The number of carbonyl (C=O) groups is 10. The van der Waals surface area contributed by atoms with Gasteiger partial charge in [0.05, 0.1) is 41.6 Å². The number of carboxylic acids is 1. The molecule has 4 heterocycles. The van der Waals surface area contributed by atoms with Gasteiger partial charge in [0.2, 0.25) is 0 Å². The number of amides is 2. The number of fused-ring (bicyclic) bond motifs is 8. The quantitative estimate of drug-likeness (QED) is 0.0249. The molecule has 0 radical (unpaired) electrons. The zero-order valence-electron chi connectivity index (χ0n) is 73.0. The van der Waals surface area contributed by atoms with Gasteiger partial charge < -0.3 is 78.8 Å². The predicted octanol–water partition coefficient (Wildman–Crippen LogP) is 10.7. The van der Waals surface area contributed by atoms with Crippen molar-refractivity contribution in [3.05, 3.63) is 144 Å². The first-order valence-electron chi connectivity index (χ1n) is 39.4. The van der Waals surface area contributed by atoms with Crippen LogP contribution >= 0.6 is 0 Å². The van der Waals surface area contributed by atoms with E-state index in [1.165, 1.54) is 84.2 Å². The number of ether oxygens (including phenoxy) is 11. The predicted molar refractivity (Wildman–Crippen MR) is 437 cm³/mol. The summed E-state index contributed by atoms with van der Waals surface area (Å²) in [5.41, 5.74) is 6.62. The molecule has 0 spiro atoms. The third-order valence-electron chi connectivity index (χ3n) is 19.7. The Balaban J connectivity index is 0.000000458. The standard InChI is InChI=1S/C16H19NO2.C13H21NO4.C12H19NO4.C11H13NO2.C10H18O5.C8H13NO2.C8H11N.C5H6.C4H8O4.Li.H2O/c1-11(12-6-4-3-5-7-12)17-14-9-8-13(10-14)15(17)16(18)19-2;1-13(2,3)18-12(16)14-9-6-5-8(7-9)10(14)11(15)17-4;1-12(2,3)17-11(16)13-8-5-4-7(6-8)9(13)10(14)15;1-9(12-8-11(13)14-2)10-6-4-3-5-7-10;1-9(2,3)14-7(11)13-8(12)15-10(4,5)6;1-11-8(10)7-5-2-3-6(4-5)9-7;1-7(9)8-5-3-2-4-6-8;1-2-4-5-3-1;1-7-3(5)4(6)8-2;;/h3-9,11,13-15H,10H2,1-2H3;8-10H,5-7H2,1-4H3;7-9H,4-6H2,1-3H3,(H,14,15);3-9H,1-2H3;1-6H3;5-7,9H,2-4H2,1H3;2-7H,9H2,1H3;1-4H,5H2;3,5H,1-2H3;;1H2/q;;;;;;;;;+1;/p-1/t11-,13+,14-,15+;8-,9+,10-;7-,8+,9-;9-;;5-,6+,7-;;;;;/m1001.0...../s1. The van der Waals surface area contributed by atoms with E-state index in [2.05, 4.69) is 94.4 Å². The molecule has 4 aliphatic heterocycles. The molecule has 12 rings (SSSR count). The van der Waals surface area contributed by atoms with Crippen LogP contribution in [0.1, 0.15) is 209 Å². The second-order valence-corrected chi connectivity index (χ2v) is 33.1. The average Bonchev–Trinajstić information content (AvgIpc) is 1.62. The van der Waals surface area contributed by atoms with E-state index in [9.17, 15) is 53.1 Å². The molecule has 3 aromatic carbocycles. The Labute approximate surface area is 708 Å². The number of hydrogen-bond donors (Lipinski definition) is 4. The molecule has 3 saturated carbocycles. The van der Waals surface area contributed by atoms with Gasteiger partial charge in [0.25, 0.3) is 6.29 Å². The molecule has 2 amide bonds. The number of esters is 5. The minimum Gasteiger partial charge on any atom is -0.870 e. The van der Waals surface area contributed by atoms with Crippen LogP contribution in [0.2, 0.25) is 0 Å². The second-order valence-electron chi connectivity index (χ2n) is 33.1. The number of methoxy groups -OCH3 is 6. The molecule has 0 aromatic heterocycles. The number of nitrogens with zero attached hydrogens (tertiary/aromatic N) is 4. The zero-order valence-corrected chi connectivity index (χ0v) is 73.0. The number of piperidine rings is 3. The second kappa shape index (κ2) is 50.2. The van der Waals surface area contributed by atoms with E-state index >= 15 is 0 Å². The third kappa shape index (κ3) is 35.1. The maximum Gasteiger partial charge on any atom is 1.00 e. The van der Waals surface area contributed by atoms with Crippen LogP contribution in [0.25, 0.3) is 0 Å². The Kier molecular flexibility index (Phi) is 44.7. The number of aliphatic hydroxyl groups excluding tert-OH is 1. The third-order valence-corrected chi connectivity index (χ3v) is 19.7.